The Balaban J connectivity index is 3.47. The molecule has 15 heavy (non-hydrogen) atoms. The number of carbonyl (C=O) groups is 1. The molecule has 0 aromatic heterocycles. The average molecular weight is 226 g/mol. The number of esters is 1. The van der Waals surface area contributed by atoms with Gasteiger partial charge in [-0.2, -0.15) is 5.26 Å². The maximum Gasteiger partial charge on any atom is 0.340 e. The van der Waals surface area contributed by atoms with Crippen molar-refractivity contribution >= 4 is 17.6 Å². The second kappa shape index (κ2) is 4.78. The zero-order chi connectivity index (χ0) is 11.4. The van der Waals surface area contributed by atoms with Crippen LogP contribution in [0.3, 0.4) is 0 Å². The summed E-state index contributed by atoms with van der Waals surface area (Å²) in [6, 6.07) is 4.76. The maximum absolute atomic E-state index is 11.3. The molecule has 0 spiro atoms. The highest BCUT2D eigenvalue weighted by atomic mass is 35.5. The number of hydrogen-bond acceptors (Lipinski definition) is 4. The minimum absolute atomic E-state index is 0.00628. The number of carbonyl (C=O) groups excluding carboxylic acids is 1. The topological polar surface area (TPSA) is 70.3 Å². The molecule has 0 aliphatic rings. The molecule has 4 nitrogen and oxygen atoms in total. The zero-order valence-electron chi connectivity index (χ0n) is 7.95. The van der Waals surface area contributed by atoms with Crippen molar-refractivity contribution in [3.05, 3.63) is 33.8 Å². The summed E-state index contributed by atoms with van der Waals surface area (Å²) in [6.45, 7) is -0.329. The highest BCUT2D eigenvalue weighted by molar-refractivity contribution is 6.33. The van der Waals surface area contributed by atoms with Crippen LogP contribution in [-0.2, 0) is 11.3 Å². The van der Waals surface area contributed by atoms with Crippen LogP contribution in [0.1, 0.15) is 21.5 Å². The van der Waals surface area contributed by atoms with E-state index in [0.717, 1.165) is 0 Å². The Morgan fingerprint density at radius 3 is 2.80 bits per heavy atom. The van der Waals surface area contributed by atoms with Gasteiger partial charge in [-0.15, -0.1) is 0 Å². The number of nitrogens with zero attached hydrogens (tertiary/aromatic N) is 1. The van der Waals surface area contributed by atoms with Gasteiger partial charge in [0.1, 0.15) is 6.07 Å². The molecule has 78 valence electrons. The molecule has 1 N–H and O–H groups in total. The predicted molar refractivity (Wildman–Crippen MR) is 53.4 cm³/mol. The standard InChI is InChI=1S/C10H8ClNO3/c1-15-10(14)9-7(4-12)6(5-13)2-3-8(9)11/h2-3,13H,5H2,1H3. The van der Waals surface area contributed by atoms with Gasteiger partial charge in [0.25, 0.3) is 0 Å². The molecule has 1 aromatic carbocycles. The molecule has 0 amide bonds. The van der Waals surface area contributed by atoms with E-state index in [4.69, 9.17) is 22.0 Å². The molecule has 1 aromatic rings. The smallest absolute Gasteiger partial charge is 0.340 e. The average Bonchev–Trinajstić information content (AvgIpc) is 2.27. The number of rotatable bonds is 2. The summed E-state index contributed by atoms with van der Waals surface area (Å²) < 4.78 is 4.50. The van der Waals surface area contributed by atoms with Gasteiger partial charge in [-0.1, -0.05) is 17.7 Å². The minimum atomic E-state index is -0.688. The fourth-order valence-corrected chi connectivity index (χ4v) is 1.42. The molecule has 0 bridgehead atoms. The van der Waals surface area contributed by atoms with E-state index in [-0.39, 0.29) is 22.8 Å². The van der Waals surface area contributed by atoms with E-state index in [2.05, 4.69) is 4.74 Å². The molecule has 0 atom stereocenters. The summed E-state index contributed by atoms with van der Waals surface area (Å²) in [5.74, 6) is -0.688. The summed E-state index contributed by atoms with van der Waals surface area (Å²) in [4.78, 5) is 11.3. The molecule has 0 saturated carbocycles. The summed E-state index contributed by atoms with van der Waals surface area (Å²) in [5, 5.41) is 18.0. The third-order valence-corrected chi connectivity index (χ3v) is 2.23. The Morgan fingerprint density at radius 1 is 1.67 bits per heavy atom. The van der Waals surface area contributed by atoms with Crippen LogP contribution in [0.2, 0.25) is 5.02 Å². The van der Waals surface area contributed by atoms with Crippen LogP contribution in [0.5, 0.6) is 0 Å². The molecule has 1 rings (SSSR count). The van der Waals surface area contributed by atoms with E-state index < -0.39 is 5.97 Å². The Labute approximate surface area is 91.7 Å². The summed E-state index contributed by atoms with van der Waals surface area (Å²) in [7, 11) is 1.20. The lowest BCUT2D eigenvalue weighted by atomic mass is 10.0. The van der Waals surface area contributed by atoms with Gasteiger partial charge in [0.05, 0.1) is 29.9 Å². The van der Waals surface area contributed by atoms with Crippen LogP contribution in [0, 0.1) is 11.3 Å². The van der Waals surface area contributed by atoms with Crippen molar-refractivity contribution in [3.63, 3.8) is 0 Å². The Kier molecular flexibility index (Phi) is 3.67. The van der Waals surface area contributed by atoms with Crippen LogP contribution in [-0.4, -0.2) is 18.2 Å². The summed E-state index contributed by atoms with van der Waals surface area (Å²) in [6.07, 6.45) is 0. The van der Waals surface area contributed by atoms with Gasteiger partial charge in [-0.05, 0) is 11.6 Å². The molecule has 0 radical (unpaired) electrons. The Bertz CT molecular complexity index is 437. The van der Waals surface area contributed by atoms with Gasteiger partial charge in [0.2, 0.25) is 0 Å². The number of aliphatic hydroxyl groups excluding tert-OH is 1. The fourth-order valence-electron chi connectivity index (χ4n) is 1.18. The van der Waals surface area contributed by atoms with E-state index in [1.165, 1.54) is 19.2 Å². The fraction of sp³-hybridized carbons (Fsp3) is 0.200. The molecule has 0 saturated heterocycles. The molecule has 0 fully saturated rings. The van der Waals surface area contributed by atoms with Crippen molar-refractivity contribution in [2.45, 2.75) is 6.61 Å². The normalized spacial score (nSPS) is 9.47. The van der Waals surface area contributed by atoms with Gasteiger partial charge in [-0.25, -0.2) is 4.79 Å². The Morgan fingerprint density at radius 2 is 2.33 bits per heavy atom. The number of halogens is 1. The van der Waals surface area contributed by atoms with E-state index in [1.807, 2.05) is 6.07 Å². The third kappa shape index (κ3) is 2.09. The summed E-state index contributed by atoms with van der Waals surface area (Å²) >= 11 is 5.78. The first-order valence-corrected chi connectivity index (χ1v) is 4.44. The quantitative estimate of drug-likeness (QED) is 0.775. The second-order valence-electron chi connectivity index (χ2n) is 2.72. The van der Waals surface area contributed by atoms with Gasteiger partial charge >= 0.3 is 5.97 Å². The minimum Gasteiger partial charge on any atom is -0.465 e. The number of methoxy groups -OCH3 is 1. The van der Waals surface area contributed by atoms with Gasteiger partial charge in [-0.3, -0.25) is 0 Å². The lowest BCUT2D eigenvalue weighted by molar-refractivity contribution is 0.0600. The maximum atomic E-state index is 11.3. The number of aliphatic hydroxyl groups is 1. The van der Waals surface area contributed by atoms with Crippen LogP contribution < -0.4 is 0 Å². The monoisotopic (exact) mass is 225 g/mol. The Hall–Kier alpha value is -1.57. The predicted octanol–water partition coefficient (Wildman–Crippen LogP) is 1.49. The zero-order valence-corrected chi connectivity index (χ0v) is 8.71. The van der Waals surface area contributed by atoms with Gasteiger partial charge in [0.15, 0.2) is 0 Å². The number of ether oxygens (including phenoxy) is 1. The SMILES string of the molecule is COC(=O)c1c(Cl)ccc(CO)c1C#N. The van der Waals surface area contributed by atoms with E-state index in [1.54, 1.807) is 0 Å². The highest BCUT2D eigenvalue weighted by Crippen LogP contribution is 2.24. The number of hydrogen-bond donors (Lipinski definition) is 1. The van der Waals surface area contributed by atoms with E-state index in [0.29, 0.717) is 5.56 Å². The number of nitriles is 1. The second-order valence-corrected chi connectivity index (χ2v) is 3.13. The molecule has 0 heterocycles. The van der Waals surface area contributed by atoms with E-state index >= 15 is 0 Å². The van der Waals surface area contributed by atoms with Crippen LogP contribution in [0.4, 0.5) is 0 Å². The van der Waals surface area contributed by atoms with Crippen molar-refractivity contribution < 1.29 is 14.6 Å². The molecule has 0 aliphatic heterocycles. The molecular weight excluding hydrogens is 218 g/mol. The van der Waals surface area contributed by atoms with Crippen LogP contribution in [0.15, 0.2) is 12.1 Å². The van der Waals surface area contributed by atoms with Crippen molar-refractivity contribution in [2.24, 2.45) is 0 Å². The first-order chi connectivity index (χ1) is 7.15. The molecule has 5 heteroatoms. The van der Waals surface area contributed by atoms with E-state index in [9.17, 15) is 4.79 Å². The first kappa shape index (κ1) is 11.5. The van der Waals surface area contributed by atoms with Crippen molar-refractivity contribution in [2.75, 3.05) is 7.11 Å². The van der Waals surface area contributed by atoms with Gasteiger partial charge < -0.3 is 9.84 Å². The first-order valence-electron chi connectivity index (χ1n) is 4.06. The molecule has 0 unspecified atom stereocenters. The summed E-state index contributed by atoms with van der Waals surface area (Å²) in [5.41, 5.74) is 0.396. The molecule has 0 aliphatic carbocycles. The molecular formula is C10H8ClNO3. The van der Waals surface area contributed by atoms with Crippen molar-refractivity contribution in [1.82, 2.24) is 0 Å². The lowest BCUT2D eigenvalue weighted by Gasteiger charge is -2.07. The lowest BCUT2D eigenvalue weighted by Crippen LogP contribution is -2.07. The third-order valence-electron chi connectivity index (χ3n) is 1.91. The van der Waals surface area contributed by atoms with Crippen molar-refractivity contribution in [3.8, 4) is 6.07 Å². The highest BCUT2D eigenvalue weighted by Gasteiger charge is 2.18. The van der Waals surface area contributed by atoms with Crippen molar-refractivity contribution in [1.29, 1.82) is 5.26 Å². The van der Waals surface area contributed by atoms with Crippen LogP contribution >= 0.6 is 11.6 Å². The number of benzene rings is 1. The van der Waals surface area contributed by atoms with Gasteiger partial charge in [0, 0.05) is 0 Å². The largest absolute Gasteiger partial charge is 0.465 e. The van der Waals surface area contributed by atoms with Crippen LogP contribution in [0.25, 0.3) is 0 Å².